The van der Waals surface area contributed by atoms with Crippen molar-refractivity contribution in [2.75, 3.05) is 6.54 Å². The third kappa shape index (κ3) is 0.943. The minimum atomic E-state index is -0.00931. The molecule has 50 valence electrons. The van der Waals surface area contributed by atoms with Crippen molar-refractivity contribution in [3.05, 3.63) is 0 Å². The van der Waals surface area contributed by atoms with Crippen molar-refractivity contribution in [3.63, 3.8) is 0 Å². The molecule has 1 aliphatic heterocycles. The maximum atomic E-state index is 10.9. The molecule has 0 saturated heterocycles. The lowest BCUT2D eigenvalue weighted by Gasteiger charge is -2.07. The average Bonchev–Trinajstić information content (AvgIpc) is 2.15. The first-order valence-corrected chi connectivity index (χ1v) is 3.11. The van der Waals surface area contributed by atoms with Gasteiger partial charge in [-0.05, 0) is 13.8 Å². The van der Waals surface area contributed by atoms with Gasteiger partial charge in [0.15, 0.2) is 0 Å². The number of rotatable bonds is 1. The Balaban J connectivity index is 2.62. The smallest absolute Gasteiger partial charge is 0.250 e. The van der Waals surface area contributed by atoms with Gasteiger partial charge in [-0.2, -0.15) is 5.10 Å². The predicted octanol–water partition coefficient (Wildman–Crippen LogP) is 0.470. The van der Waals surface area contributed by atoms with Crippen LogP contribution in [0.25, 0.3) is 0 Å². The van der Waals surface area contributed by atoms with Crippen LogP contribution < -0.4 is 0 Å². The summed E-state index contributed by atoms with van der Waals surface area (Å²) in [5.41, 5.74) is 0. The van der Waals surface area contributed by atoms with Gasteiger partial charge in [0.05, 0.1) is 5.92 Å². The van der Waals surface area contributed by atoms with E-state index in [0.29, 0.717) is 6.54 Å². The Morgan fingerprint density at radius 1 is 1.89 bits per heavy atom. The molecule has 3 nitrogen and oxygen atoms in total. The molecule has 1 rings (SSSR count). The standard InChI is InChI=1S/C6H10N2O/c1-3-8-6(9)5(2)4-7-8/h4-5H,3H2,1-2H3. The van der Waals surface area contributed by atoms with Crippen LogP contribution in [-0.4, -0.2) is 23.7 Å². The number of hydrogen-bond donors (Lipinski definition) is 0. The van der Waals surface area contributed by atoms with Crippen LogP contribution in [0, 0.1) is 5.92 Å². The molecule has 0 saturated carbocycles. The molecule has 1 unspecified atom stereocenters. The van der Waals surface area contributed by atoms with Crippen molar-refractivity contribution < 1.29 is 4.79 Å². The summed E-state index contributed by atoms with van der Waals surface area (Å²) in [6.07, 6.45) is 1.67. The highest BCUT2D eigenvalue weighted by atomic mass is 16.2. The van der Waals surface area contributed by atoms with E-state index in [-0.39, 0.29) is 11.8 Å². The molecule has 1 atom stereocenters. The van der Waals surface area contributed by atoms with Crippen molar-refractivity contribution in [1.29, 1.82) is 0 Å². The van der Waals surface area contributed by atoms with Crippen LogP contribution >= 0.6 is 0 Å². The van der Waals surface area contributed by atoms with E-state index in [1.165, 1.54) is 5.01 Å². The first-order valence-electron chi connectivity index (χ1n) is 3.11. The lowest BCUT2D eigenvalue weighted by Crippen LogP contribution is -2.24. The fourth-order valence-electron chi connectivity index (χ4n) is 0.774. The average molecular weight is 126 g/mol. The van der Waals surface area contributed by atoms with Gasteiger partial charge < -0.3 is 0 Å². The van der Waals surface area contributed by atoms with E-state index in [4.69, 9.17) is 0 Å². The zero-order valence-electron chi connectivity index (χ0n) is 5.66. The molecule has 0 aliphatic carbocycles. The molecule has 3 heteroatoms. The van der Waals surface area contributed by atoms with Crippen LogP contribution in [0.15, 0.2) is 5.10 Å². The summed E-state index contributed by atoms with van der Waals surface area (Å²) in [7, 11) is 0. The summed E-state index contributed by atoms with van der Waals surface area (Å²) < 4.78 is 0. The second-order valence-corrected chi connectivity index (χ2v) is 2.11. The minimum Gasteiger partial charge on any atom is -0.272 e. The normalized spacial score (nSPS) is 25.8. The third-order valence-electron chi connectivity index (χ3n) is 1.37. The number of carbonyl (C=O) groups excluding carboxylic acids is 1. The van der Waals surface area contributed by atoms with Gasteiger partial charge in [-0.15, -0.1) is 0 Å². The van der Waals surface area contributed by atoms with Gasteiger partial charge in [-0.25, -0.2) is 5.01 Å². The van der Waals surface area contributed by atoms with Crippen molar-refractivity contribution in [1.82, 2.24) is 5.01 Å². The van der Waals surface area contributed by atoms with Gasteiger partial charge in [0, 0.05) is 12.8 Å². The summed E-state index contributed by atoms with van der Waals surface area (Å²) in [6, 6.07) is 0. The Bertz CT molecular complexity index is 153. The van der Waals surface area contributed by atoms with Gasteiger partial charge in [0.1, 0.15) is 0 Å². The van der Waals surface area contributed by atoms with Crippen LogP contribution in [0.1, 0.15) is 13.8 Å². The summed E-state index contributed by atoms with van der Waals surface area (Å²) in [4.78, 5) is 10.9. The third-order valence-corrected chi connectivity index (χ3v) is 1.37. The summed E-state index contributed by atoms with van der Waals surface area (Å²) in [5, 5.41) is 5.35. The van der Waals surface area contributed by atoms with Crippen LogP contribution in [-0.2, 0) is 4.79 Å². The zero-order valence-corrected chi connectivity index (χ0v) is 5.66. The van der Waals surface area contributed by atoms with Gasteiger partial charge >= 0.3 is 0 Å². The van der Waals surface area contributed by atoms with Crippen molar-refractivity contribution in [3.8, 4) is 0 Å². The number of nitrogens with zero attached hydrogens (tertiary/aromatic N) is 2. The van der Waals surface area contributed by atoms with Gasteiger partial charge in [0.2, 0.25) is 0 Å². The zero-order chi connectivity index (χ0) is 6.85. The molecule has 9 heavy (non-hydrogen) atoms. The molecule has 0 N–H and O–H groups in total. The van der Waals surface area contributed by atoms with Gasteiger partial charge in [-0.1, -0.05) is 0 Å². The Hall–Kier alpha value is -0.860. The molecular weight excluding hydrogens is 116 g/mol. The molecule has 1 aliphatic rings. The van der Waals surface area contributed by atoms with Crippen LogP contribution in [0.2, 0.25) is 0 Å². The number of amides is 1. The lowest BCUT2D eigenvalue weighted by atomic mass is 10.2. The topological polar surface area (TPSA) is 32.7 Å². The molecule has 0 fully saturated rings. The molecule has 0 spiro atoms. The van der Waals surface area contributed by atoms with Crippen molar-refractivity contribution in [2.24, 2.45) is 11.0 Å². The molecule has 0 bridgehead atoms. The number of hydrazone groups is 1. The first kappa shape index (κ1) is 6.26. The van der Waals surface area contributed by atoms with E-state index in [0.717, 1.165) is 0 Å². The fourth-order valence-corrected chi connectivity index (χ4v) is 0.774. The van der Waals surface area contributed by atoms with Crippen LogP contribution in [0.3, 0.4) is 0 Å². The lowest BCUT2D eigenvalue weighted by molar-refractivity contribution is -0.131. The second-order valence-electron chi connectivity index (χ2n) is 2.11. The van der Waals surface area contributed by atoms with E-state index in [9.17, 15) is 4.79 Å². The molecular formula is C6H10N2O. The maximum Gasteiger partial charge on any atom is 0.250 e. The quantitative estimate of drug-likeness (QED) is 0.502. The Labute approximate surface area is 54.3 Å². The van der Waals surface area contributed by atoms with Crippen molar-refractivity contribution >= 4 is 12.1 Å². The monoisotopic (exact) mass is 126 g/mol. The Morgan fingerprint density at radius 2 is 2.56 bits per heavy atom. The highest BCUT2D eigenvalue weighted by Gasteiger charge is 2.22. The van der Waals surface area contributed by atoms with E-state index in [1.54, 1.807) is 6.21 Å². The molecule has 0 aromatic carbocycles. The highest BCUT2D eigenvalue weighted by molar-refractivity contribution is 5.96. The van der Waals surface area contributed by atoms with Crippen LogP contribution in [0.4, 0.5) is 0 Å². The first-order chi connectivity index (χ1) is 4.25. The van der Waals surface area contributed by atoms with E-state index >= 15 is 0 Å². The second kappa shape index (κ2) is 2.17. The maximum absolute atomic E-state index is 10.9. The van der Waals surface area contributed by atoms with Crippen molar-refractivity contribution in [2.45, 2.75) is 13.8 Å². The largest absolute Gasteiger partial charge is 0.272 e. The molecule has 0 aromatic heterocycles. The number of carbonyl (C=O) groups is 1. The van der Waals surface area contributed by atoms with E-state index in [2.05, 4.69) is 5.10 Å². The molecule has 0 aromatic rings. The Morgan fingerprint density at radius 3 is 2.78 bits per heavy atom. The van der Waals surface area contributed by atoms with Gasteiger partial charge in [0.25, 0.3) is 5.91 Å². The summed E-state index contributed by atoms with van der Waals surface area (Å²) in [5.74, 6) is 0.0995. The van der Waals surface area contributed by atoms with Crippen LogP contribution in [0.5, 0.6) is 0 Å². The Kier molecular flexibility index (Phi) is 1.51. The minimum absolute atomic E-state index is 0.00931. The fraction of sp³-hybridized carbons (Fsp3) is 0.667. The summed E-state index contributed by atoms with van der Waals surface area (Å²) >= 11 is 0. The number of hydrogen-bond acceptors (Lipinski definition) is 2. The molecule has 1 amide bonds. The molecule has 0 radical (unpaired) electrons. The van der Waals surface area contributed by atoms with Gasteiger partial charge in [-0.3, -0.25) is 4.79 Å². The highest BCUT2D eigenvalue weighted by Crippen LogP contribution is 2.07. The predicted molar refractivity (Wildman–Crippen MR) is 35.0 cm³/mol. The SMILES string of the molecule is CCN1N=CC(C)C1=O. The summed E-state index contributed by atoms with van der Waals surface area (Å²) in [6.45, 7) is 4.44. The van der Waals surface area contributed by atoms with E-state index < -0.39 is 0 Å². The molecule has 1 heterocycles. The van der Waals surface area contributed by atoms with E-state index in [1.807, 2.05) is 13.8 Å².